The van der Waals surface area contributed by atoms with E-state index in [9.17, 15) is 0 Å². The van der Waals surface area contributed by atoms with Crippen LogP contribution in [-0.2, 0) is 24.3 Å². The molecular weight excluding hydrogens is 394 g/mol. The second-order valence-corrected chi connectivity index (χ2v) is 9.10. The quantitative estimate of drug-likeness (QED) is 0.606. The van der Waals surface area contributed by atoms with Crippen molar-refractivity contribution in [1.82, 2.24) is 0 Å². The standard InChI is InChI=1S/C23H28N2S2.CH5N/c1-5-17-11-7-9-13-19(17)15-26-21-23(3,4)25-22(24-21)27-16-20-14-10-8-12-18(20)6-2;1-2/h7-14H,5-6,15-16H2,1-4H3;2H2,1H3. The van der Waals surface area contributed by atoms with Gasteiger partial charge in [-0.3, -0.25) is 0 Å². The Hall–Kier alpha value is -1.56. The highest BCUT2D eigenvalue weighted by molar-refractivity contribution is 8.15. The lowest BCUT2D eigenvalue weighted by Crippen LogP contribution is -2.23. The molecule has 1 aliphatic rings. The van der Waals surface area contributed by atoms with E-state index in [-0.39, 0.29) is 5.54 Å². The largest absolute Gasteiger partial charge is 0.333 e. The van der Waals surface area contributed by atoms with Crippen LogP contribution in [0, 0.1) is 0 Å². The summed E-state index contributed by atoms with van der Waals surface area (Å²) in [5.41, 5.74) is 9.91. The third-order valence-electron chi connectivity index (χ3n) is 4.82. The number of benzene rings is 2. The van der Waals surface area contributed by atoms with Gasteiger partial charge in [0.05, 0.1) is 0 Å². The molecule has 3 rings (SSSR count). The Bertz CT molecular complexity index is 857. The minimum Gasteiger partial charge on any atom is -0.333 e. The molecule has 2 aromatic carbocycles. The van der Waals surface area contributed by atoms with Crippen molar-refractivity contribution in [3.05, 3.63) is 70.8 Å². The molecule has 1 heterocycles. The molecule has 0 saturated heterocycles. The molecule has 1 aliphatic heterocycles. The topological polar surface area (TPSA) is 50.7 Å². The highest BCUT2D eigenvalue weighted by Gasteiger charge is 2.31. The average molecular weight is 428 g/mol. The van der Waals surface area contributed by atoms with Crippen molar-refractivity contribution in [2.24, 2.45) is 15.7 Å². The normalized spacial score (nSPS) is 14.7. The van der Waals surface area contributed by atoms with E-state index in [1.165, 1.54) is 29.3 Å². The van der Waals surface area contributed by atoms with E-state index in [4.69, 9.17) is 9.98 Å². The van der Waals surface area contributed by atoms with Crippen LogP contribution in [0.1, 0.15) is 49.9 Å². The maximum atomic E-state index is 4.88. The minimum atomic E-state index is -0.224. The predicted octanol–water partition coefficient (Wildman–Crippen LogP) is 6.10. The van der Waals surface area contributed by atoms with Crippen LogP contribution in [0.5, 0.6) is 0 Å². The summed E-state index contributed by atoms with van der Waals surface area (Å²) in [6.45, 7) is 8.75. The third-order valence-corrected chi connectivity index (χ3v) is 7.03. The highest BCUT2D eigenvalue weighted by Crippen LogP contribution is 2.33. The summed E-state index contributed by atoms with van der Waals surface area (Å²) < 4.78 is 0. The molecule has 0 aliphatic carbocycles. The number of amidine groups is 1. The first-order valence-electron chi connectivity index (χ1n) is 10.2. The van der Waals surface area contributed by atoms with Crippen molar-refractivity contribution in [3.63, 3.8) is 0 Å². The Morgan fingerprint density at radius 3 is 1.69 bits per heavy atom. The van der Waals surface area contributed by atoms with Gasteiger partial charge in [0.15, 0.2) is 5.17 Å². The summed E-state index contributed by atoms with van der Waals surface area (Å²) in [4.78, 5) is 9.76. The zero-order valence-corrected chi connectivity index (χ0v) is 19.9. The second kappa shape index (κ2) is 11.6. The molecule has 2 N–H and O–H groups in total. The number of thioether (sulfide) groups is 2. The van der Waals surface area contributed by atoms with Crippen molar-refractivity contribution < 1.29 is 0 Å². The van der Waals surface area contributed by atoms with Crippen LogP contribution < -0.4 is 5.73 Å². The smallest absolute Gasteiger partial charge is 0.185 e. The molecule has 29 heavy (non-hydrogen) atoms. The van der Waals surface area contributed by atoms with Crippen LogP contribution in [0.2, 0.25) is 0 Å². The van der Waals surface area contributed by atoms with Gasteiger partial charge >= 0.3 is 0 Å². The molecule has 0 spiro atoms. The summed E-state index contributed by atoms with van der Waals surface area (Å²) >= 11 is 3.58. The minimum absolute atomic E-state index is 0.224. The number of aliphatic imine (C=N–C) groups is 2. The summed E-state index contributed by atoms with van der Waals surface area (Å²) in [5.74, 6) is 1.89. The van der Waals surface area contributed by atoms with Gasteiger partial charge in [-0.25, -0.2) is 9.98 Å². The van der Waals surface area contributed by atoms with Gasteiger partial charge in [0.2, 0.25) is 0 Å². The Morgan fingerprint density at radius 2 is 1.21 bits per heavy atom. The van der Waals surface area contributed by atoms with Crippen LogP contribution in [-0.4, -0.2) is 22.8 Å². The number of nitrogens with two attached hydrogens (primary N) is 1. The van der Waals surface area contributed by atoms with E-state index in [0.717, 1.165) is 34.6 Å². The molecule has 0 fully saturated rings. The zero-order chi connectivity index (χ0) is 21.3. The van der Waals surface area contributed by atoms with Gasteiger partial charge in [-0.15, -0.1) is 11.8 Å². The van der Waals surface area contributed by atoms with Crippen molar-refractivity contribution in [1.29, 1.82) is 0 Å². The highest BCUT2D eigenvalue weighted by atomic mass is 32.2. The van der Waals surface area contributed by atoms with E-state index in [2.05, 4.69) is 82.0 Å². The molecule has 0 atom stereocenters. The first kappa shape index (κ1) is 23.7. The number of rotatable bonds is 6. The lowest BCUT2D eigenvalue weighted by Gasteiger charge is -2.17. The maximum absolute atomic E-state index is 4.88. The van der Waals surface area contributed by atoms with Gasteiger partial charge in [-0.1, -0.05) is 74.1 Å². The fourth-order valence-corrected chi connectivity index (χ4v) is 5.38. The van der Waals surface area contributed by atoms with Gasteiger partial charge in [0, 0.05) is 11.5 Å². The first-order chi connectivity index (χ1) is 14.0. The molecule has 5 heteroatoms. The molecule has 0 aromatic heterocycles. The maximum Gasteiger partial charge on any atom is 0.185 e. The van der Waals surface area contributed by atoms with E-state index in [1.54, 1.807) is 11.8 Å². The average Bonchev–Trinajstić information content (AvgIpc) is 3.05. The molecule has 0 amide bonds. The van der Waals surface area contributed by atoms with E-state index in [1.807, 2.05) is 11.8 Å². The van der Waals surface area contributed by atoms with E-state index in [0.29, 0.717) is 0 Å². The van der Waals surface area contributed by atoms with Crippen molar-refractivity contribution in [2.75, 3.05) is 7.05 Å². The number of nitrogens with zero attached hydrogens (tertiary/aromatic N) is 2. The summed E-state index contributed by atoms with van der Waals surface area (Å²) in [5, 5.41) is 2.04. The molecule has 0 radical (unpaired) electrons. The predicted molar refractivity (Wildman–Crippen MR) is 133 cm³/mol. The second-order valence-electron chi connectivity index (χ2n) is 7.19. The van der Waals surface area contributed by atoms with Crippen molar-refractivity contribution in [3.8, 4) is 0 Å². The fraction of sp³-hybridized carbons (Fsp3) is 0.417. The van der Waals surface area contributed by atoms with Crippen molar-refractivity contribution in [2.45, 2.75) is 57.6 Å². The monoisotopic (exact) mass is 427 g/mol. The fourth-order valence-electron chi connectivity index (χ4n) is 3.18. The summed E-state index contributed by atoms with van der Waals surface area (Å²) in [6, 6.07) is 17.4. The number of hydrogen-bond donors (Lipinski definition) is 1. The molecule has 0 bridgehead atoms. The molecule has 2 aromatic rings. The van der Waals surface area contributed by atoms with Gasteiger partial charge in [-0.2, -0.15) is 0 Å². The lowest BCUT2D eigenvalue weighted by molar-refractivity contribution is 0.728. The Morgan fingerprint density at radius 1 is 0.759 bits per heavy atom. The molecule has 3 nitrogen and oxygen atoms in total. The molecule has 0 saturated carbocycles. The van der Waals surface area contributed by atoms with Crippen LogP contribution in [0.25, 0.3) is 0 Å². The van der Waals surface area contributed by atoms with E-state index < -0.39 is 0 Å². The Kier molecular flexibility index (Phi) is 9.47. The summed E-state index contributed by atoms with van der Waals surface area (Å²) in [7, 11) is 1.50. The van der Waals surface area contributed by atoms with E-state index >= 15 is 0 Å². The van der Waals surface area contributed by atoms with Crippen LogP contribution in [0.15, 0.2) is 58.5 Å². The summed E-state index contributed by atoms with van der Waals surface area (Å²) in [6.07, 6.45) is 2.14. The van der Waals surface area contributed by atoms with Gasteiger partial charge in [-0.05, 0) is 56.0 Å². The third kappa shape index (κ3) is 6.46. The van der Waals surface area contributed by atoms with Gasteiger partial charge < -0.3 is 5.73 Å². The molecule has 0 unspecified atom stereocenters. The SMILES string of the molecule is CCc1ccccc1CSC1=NC(C)(C)C(SCc2ccccc2CC)=N1.CN. The molecular formula is C24H33N3S2. The van der Waals surface area contributed by atoms with Crippen molar-refractivity contribution >= 4 is 33.7 Å². The first-order valence-corrected chi connectivity index (χ1v) is 12.2. The lowest BCUT2D eigenvalue weighted by atomic mass is 10.1. The molecule has 156 valence electrons. The van der Waals surface area contributed by atoms with Crippen LogP contribution >= 0.6 is 23.5 Å². The number of hydrogen-bond acceptors (Lipinski definition) is 5. The number of aryl methyl sites for hydroxylation is 2. The zero-order valence-electron chi connectivity index (χ0n) is 18.2. The van der Waals surface area contributed by atoms with Crippen LogP contribution in [0.3, 0.4) is 0 Å². The van der Waals surface area contributed by atoms with Crippen LogP contribution in [0.4, 0.5) is 0 Å². The van der Waals surface area contributed by atoms with Gasteiger partial charge in [0.1, 0.15) is 10.6 Å². The Balaban J connectivity index is 0.00000145. The Labute approximate surface area is 184 Å². The van der Waals surface area contributed by atoms with Gasteiger partial charge in [0.25, 0.3) is 0 Å².